The maximum atomic E-state index is 13.9. The molecule has 2 amide bonds. The monoisotopic (exact) mass is 556 g/mol. The van der Waals surface area contributed by atoms with Gasteiger partial charge in [-0.2, -0.15) is 0 Å². The van der Waals surface area contributed by atoms with E-state index in [4.69, 9.17) is 34.8 Å². The van der Waals surface area contributed by atoms with Crippen LogP contribution in [0.1, 0.15) is 48.8 Å². The molecule has 1 aliphatic carbocycles. The van der Waals surface area contributed by atoms with E-state index in [2.05, 4.69) is 5.32 Å². The third kappa shape index (κ3) is 7.98. The molecule has 1 atom stereocenters. The lowest BCUT2D eigenvalue weighted by Gasteiger charge is -2.33. The van der Waals surface area contributed by atoms with Crippen molar-refractivity contribution >= 4 is 46.6 Å². The van der Waals surface area contributed by atoms with Crippen molar-refractivity contribution in [3.8, 4) is 0 Å². The average Bonchev–Trinajstić information content (AvgIpc) is 2.89. The standard InChI is InChI=1S/C30H31Cl3N2O2/c31-24-11-7-10-22(16-24)20-35(29(36)18-23-14-15-25(32)19-27(23)33)28(17-21-8-3-1-4-9-21)30(37)34-26-12-5-2-6-13-26/h1,3-4,7-11,14-16,19,26,28H,2,5-6,12-13,17-18,20H2,(H,34,37)/t28-/m1/s1. The first-order valence-corrected chi connectivity index (χ1v) is 13.8. The van der Waals surface area contributed by atoms with E-state index in [0.717, 1.165) is 36.8 Å². The molecule has 0 radical (unpaired) electrons. The minimum atomic E-state index is -0.693. The minimum Gasteiger partial charge on any atom is -0.352 e. The molecule has 1 N–H and O–H groups in total. The van der Waals surface area contributed by atoms with Crippen LogP contribution >= 0.6 is 34.8 Å². The van der Waals surface area contributed by atoms with Crippen LogP contribution in [-0.2, 0) is 29.0 Å². The van der Waals surface area contributed by atoms with Gasteiger partial charge in [-0.25, -0.2) is 0 Å². The molecule has 0 heterocycles. The zero-order valence-corrected chi connectivity index (χ0v) is 22.9. The van der Waals surface area contributed by atoms with Crippen LogP contribution in [0.3, 0.4) is 0 Å². The quantitative estimate of drug-likeness (QED) is 0.301. The summed E-state index contributed by atoms with van der Waals surface area (Å²) in [7, 11) is 0. The number of carbonyl (C=O) groups excluding carboxylic acids is 2. The summed E-state index contributed by atoms with van der Waals surface area (Å²) in [5, 5.41) is 4.76. The van der Waals surface area contributed by atoms with E-state index >= 15 is 0 Å². The number of carbonyl (C=O) groups is 2. The Labute approximate surface area is 233 Å². The highest BCUT2D eigenvalue weighted by molar-refractivity contribution is 6.35. The van der Waals surface area contributed by atoms with Gasteiger partial charge in [-0.1, -0.05) is 103 Å². The van der Waals surface area contributed by atoms with Crippen molar-refractivity contribution in [2.45, 2.75) is 63.6 Å². The van der Waals surface area contributed by atoms with E-state index in [1.165, 1.54) is 6.42 Å². The summed E-state index contributed by atoms with van der Waals surface area (Å²) in [6.07, 6.45) is 5.79. The average molecular weight is 558 g/mol. The third-order valence-electron chi connectivity index (χ3n) is 6.82. The van der Waals surface area contributed by atoms with E-state index in [-0.39, 0.29) is 30.8 Å². The lowest BCUT2D eigenvalue weighted by atomic mass is 9.94. The van der Waals surface area contributed by atoms with E-state index in [9.17, 15) is 9.59 Å². The first-order chi connectivity index (χ1) is 17.9. The summed E-state index contributed by atoms with van der Waals surface area (Å²) in [4.78, 5) is 29.4. The van der Waals surface area contributed by atoms with Crippen molar-refractivity contribution in [2.75, 3.05) is 0 Å². The van der Waals surface area contributed by atoms with Gasteiger partial charge in [0.2, 0.25) is 11.8 Å². The Kier molecular flexibility index (Phi) is 9.90. The van der Waals surface area contributed by atoms with Crippen LogP contribution in [0.5, 0.6) is 0 Å². The number of hydrogen-bond acceptors (Lipinski definition) is 2. The molecular formula is C30H31Cl3N2O2. The topological polar surface area (TPSA) is 49.4 Å². The van der Waals surface area contributed by atoms with Gasteiger partial charge in [0.15, 0.2) is 0 Å². The molecule has 0 bridgehead atoms. The molecule has 0 spiro atoms. The molecule has 3 aromatic carbocycles. The Bertz CT molecular complexity index is 1210. The molecule has 0 aromatic heterocycles. The molecule has 0 aliphatic heterocycles. The van der Waals surface area contributed by atoms with Crippen LogP contribution in [0.15, 0.2) is 72.8 Å². The van der Waals surface area contributed by atoms with E-state index in [0.29, 0.717) is 27.1 Å². The van der Waals surface area contributed by atoms with Gasteiger partial charge >= 0.3 is 0 Å². The largest absolute Gasteiger partial charge is 0.352 e. The summed E-state index contributed by atoms with van der Waals surface area (Å²) in [5.74, 6) is -0.322. The highest BCUT2D eigenvalue weighted by Crippen LogP contribution is 2.24. The number of nitrogens with one attached hydrogen (secondary N) is 1. The summed E-state index contributed by atoms with van der Waals surface area (Å²) in [6.45, 7) is 0.250. The number of halogens is 3. The van der Waals surface area contributed by atoms with E-state index < -0.39 is 6.04 Å². The van der Waals surface area contributed by atoms with Crippen molar-refractivity contribution < 1.29 is 9.59 Å². The number of benzene rings is 3. The van der Waals surface area contributed by atoms with E-state index in [1.807, 2.05) is 48.5 Å². The fraction of sp³-hybridized carbons (Fsp3) is 0.333. The van der Waals surface area contributed by atoms with Gasteiger partial charge in [0.05, 0.1) is 6.42 Å². The molecule has 4 rings (SSSR count). The van der Waals surface area contributed by atoms with Crippen LogP contribution in [0.4, 0.5) is 0 Å². The molecule has 0 unspecified atom stereocenters. The summed E-state index contributed by atoms with van der Waals surface area (Å²) in [5.41, 5.74) is 2.50. The summed E-state index contributed by atoms with van der Waals surface area (Å²) < 4.78 is 0. The first kappa shape index (κ1) is 27.5. The Morgan fingerprint density at radius 2 is 1.54 bits per heavy atom. The van der Waals surface area contributed by atoms with Gasteiger partial charge in [0.25, 0.3) is 0 Å². The number of hydrogen-bond donors (Lipinski definition) is 1. The van der Waals surface area contributed by atoms with Crippen LogP contribution in [0.25, 0.3) is 0 Å². The van der Waals surface area contributed by atoms with E-state index in [1.54, 1.807) is 29.2 Å². The smallest absolute Gasteiger partial charge is 0.243 e. The van der Waals surface area contributed by atoms with Gasteiger partial charge in [-0.15, -0.1) is 0 Å². The Morgan fingerprint density at radius 1 is 0.838 bits per heavy atom. The van der Waals surface area contributed by atoms with Crippen molar-refractivity contribution in [1.29, 1.82) is 0 Å². The predicted octanol–water partition coefficient (Wildman–Crippen LogP) is 7.28. The first-order valence-electron chi connectivity index (χ1n) is 12.7. The maximum absolute atomic E-state index is 13.9. The predicted molar refractivity (Wildman–Crippen MR) is 151 cm³/mol. The van der Waals surface area contributed by atoms with Crippen molar-refractivity contribution in [2.24, 2.45) is 0 Å². The second-order valence-electron chi connectivity index (χ2n) is 9.61. The fourth-order valence-electron chi connectivity index (χ4n) is 4.86. The lowest BCUT2D eigenvalue weighted by Crippen LogP contribution is -2.53. The lowest BCUT2D eigenvalue weighted by molar-refractivity contribution is -0.141. The highest BCUT2D eigenvalue weighted by Gasteiger charge is 2.32. The Hall–Kier alpha value is -2.53. The summed E-state index contributed by atoms with van der Waals surface area (Å²) in [6, 6.07) is 21.7. The molecule has 1 aliphatic rings. The van der Waals surface area contributed by atoms with Crippen molar-refractivity contribution in [1.82, 2.24) is 10.2 Å². The Balaban J connectivity index is 1.67. The Morgan fingerprint density at radius 3 is 2.24 bits per heavy atom. The fourth-order valence-corrected chi connectivity index (χ4v) is 5.55. The molecule has 3 aromatic rings. The second-order valence-corrected chi connectivity index (χ2v) is 10.9. The second kappa shape index (κ2) is 13.3. The van der Waals surface area contributed by atoms with Crippen LogP contribution in [-0.4, -0.2) is 28.8 Å². The number of nitrogens with zero attached hydrogens (tertiary/aromatic N) is 1. The molecule has 194 valence electrons. The third-order valence-corrected chi connectivity index (χ3v) is 7.64. The number of rotatable bonds is 9. The van der Waals surface area contributed by atoms with Gasteiger partial charge in [0, 0.05) is 34.1 Å². The maximum Gasteiger partial charge on any atom is 0.243 e. The molecule has 0 saturated heterocycles. The normalized spacial score (nSPS) is 14.7. The van der Waals surface area contributed by atoms with Crippen molar-refractivity contribution in [3.05, 3.63) is 105 Å². The van der Waals surface area contributed by atoms with Crippen molar-refractivity contribution in [3.63, 3.8) is 0 Å². The molecule has 37 heavy (non-hydrogen) atoms. The molecule has 7 heteroatoms. The molecule has 1 fully saturated rings. The minimum absolute atomic E-state index is 0.0541. The highest BCUT2D eigenvalue weighted by atomic mass is 35.5. The molecular weight excluding hydrogens is 527 g/mol. The zero-order valence-electron chi connectivity index (χ0n) is 20.6. The summed E-state index contributed by atoms with van der Waals surface area (Å²) >= 11 is 18.7. The zero-order chi connectivity index (χ0) is 26.2. The van der Waals surface area contributed by atoms with Gasteiger partial charge < -0.3 is 10.2 Å². The van der Waals surface area contributed by atoms with Crippen LogP contribution in [0, 0.1) is 0 Å². The van der Waals surface area contributed by atoms with Gasteiger partial charge in [-0.05, 0) is 53.8 Å². The van der Waals surface area contributed by atoms with Gasteiger partial charge in [0.1, 0.15) is 6.04 Å². The molecule has 1 saturated carbocycles. The van der Waals surface area contributed by atoms with Crippen LogP contribution < -0.4 is 5.32 Å². The number of amides is 2. The molecule has 4 nitrogen and oxygen atoms in total. The van der Waals surface area contributed by atoms with Crippen LogP contribution in [0.2, 0.25) is 15.1 Å². The van der Waals surface area contributed by atoms with Gasteiger partial charge in [-0.3, -0.25) is 9.59 Å². The SMILES string of the molecule is O=C(NC1CCCCC1)[C@@H](Cc1ccccc1)N(Cc1cccc(Cl)c1)C(=O)Cc1ccc(Cl)cc1Cl.